The smallest absolute Gasteiger partial charge is 0.255 e. The maximum Gasteiger partial charge on any atom is 0.255 e. The molecule has 2 N–H and O–H groups in total. The molecule has 0 saturated heterocycles. The minimum atomic E-state index is -0.175. The number of anilines is 2. The summed E-state index contributed by atoms with van der Waals surface area (Å²) in [7, 11) is 0. The first-order valence-electron chi connectivity index (χ1n) is 6.84. The van der Waals surface area contributed by atoms with Crippen LogP contribution in [0, 0.1) is 13.8 Å². The van der Waals surface area contributed by atoms with Crippen molar-refractivity contribution in [3.05, 3.63) is 58.7 Å². The summed E-state index contributed by atoms with van der Waals surface area (Å²) in [6.45, 7) is 3.98. The molecule has 2 amide bonds. The molecule has 1 heterocycles. The molecule has 2 aromatic rings. The van der Waals surface area contributed by atoms with Crippen LogP contribution in [0.3, 0.4) is 0 Å². The highest BCUT2D eigenvalue weighted by Crippen LogP contribution is 2.25. The molecule has 0 atom stereocenters. The molecule has 0 aliphatic carbocycles. The molecule has 2 aromatic carbocycles. The summed E-state index contributed by atoms with van der Waals surface area (Å²) >= 11 is 0. The second-order valence-electron chi connectivity index (χ2n) is 5.37. The lowest BCUT2D eigenvalue weighted by Crippen LogP contribution is -2.13. The SMILES string of the molecule is Cc1ccc(NC(=O)c2ccc3c(c2)NC(=O)C3)c(C)c1. The van der Waals surface area contributed by atoms with Gasteiger partial charge in [-0.15, -0.1) is 0 Å². The number of rotatable bonds is 2. The van der Waals surface area contributed by atoms with Gasteiger partial charge in [-0.25, -0.2) is 0 Å². The van der Waals surface area contributed by atoms with Crippen molar-refractivity contribution in [2.45, 2.75) is 20.3 Å². The van der Waals surface area contributed by atoms with Crippen LogP contribution in [-0.4, -0.2) is 11.8 Å². The molecule has 4 heteroatoms. The number of fused-ring (bicyclic) bond motifs is 1. The van der Waals surface area contributed by atoms with Gasteiger partial charge >= 0.3 is 0 Å². The standard InChI is InChI=1S/C17H16N2O2/c1-10-3-6-14(11(2)7-10)19-17(21)13-5-4-12-9-16(20)18-15(12)8-13/h3-8H,9H2,1-2H3,(H,18,20)(H,19,21). The van der Waals surface area contributed by atoms with E-state index in [0.29, 0.717) is 12.0 Å². The topological polar surface area (TPSA) is 58.2 Å². The van der Waals surface area contributed by atoms with E-state index >= 15 is 0 Å². The Morgan fingerprint density at radius 3 is 2.71 bits per heavy atom. The summed E-state index contributed by atoms with van der Waals surface area (Å²) in [6, 6.07) is 11.2. The molecule has 3 rings (SSSR count). The number of carbonyl (C=O) groups is 2. The molecule has 0 unspecified atom stereocenters. The Morgan fingerprint density at radius 2 is 1.95 bits per heavy atom. The van der Waals surface area contributed by atoms with Gasteiger partial charge in [0.25, 0.3) is 5.91 Å². The summed E-state index contributed by atoms with van der Waals surface area (Å²) in [5, 5.41) is 5.66. The molecule has 1 aliphatic rings. The van der Waals surface area contributed by atoms with Crippen LogP contribution in [0.15, 0.2) is 36.4 Å². The van der Waals surface area contributed by atoms with Gasteiger partial charge in [0.2, 0.25) is 5.91 Å². The van der Waals surface area contributed by atoms with Crippen molar-refractivity contribution in [1.29, 1.82) is 0 Å². The van der Waals surface area contributed by atoms with E-state index < -0.39 is 0 Å². The highest BCUT2D eigenvalue weighted by atomic mass is 16.2. The van der Waals surface area contributed by atoms with Gasteiger partial charge in [0.05, 0.1) is 6.42 Å². The van der Waals surface area contributed by atoms with Crippen LogP contribution in [-0.2, 0) is 11.2 Å². The Labute approximate surface area is 123 Å². The first-order chi connectivity index (χ1) is 10.0. The summed E-state index contributed by atoms with van der Waals surface area (Å²) < 4.78 is 0. The number of carbonyl (C=O) groups excluding carboxylic acids is 2. The summed E-state index contributed by atoms with van der Waals surface area (Å²) in [4.78, 5) is 23.6. The van der Waals surface area contributed by atoms with E-state index in [1.807, 2.05) is 38.1 Å². The van der Waals surface area contributed by atoms with Gasteiger partial charge in [-0.1, -0.05) is 23.8 Å². The summed E-state index contributed by atoms with van der Waals surface area (Å²) in [6.07, 6.45) is 0.383. The zero-order valence-electron chi connectivity index (χ0n) is 12.0. The fraction of sp³-hybridized carbons (Fsp3) is 0.176. The average molecular weight is 280 g/mol. The third-order valence-electron chi connectivity index (χ3n) is 3.63. The van der Waals surface area contributed by atoms with Gasteiger partial charge in [0, 0.05) is 16.9 Å². The molecule has 1 aliphatic heterocycles. The Hall–Kier alpha value is -2.62. The molecule has 0 saturated carbocycles. The van der Waals surface area contributed by atoms with Gasteiger partial charge in [0.15, 0.2) is 0 Å². The predicted molar refractivity (Wildman–Crippen MR) is 82.6 cm³/mol. The molecule has 0 spiro atoms. The van der Waals surface area contributed by atoms with Crippen LogP contribution < -0.4 is 10.6 Å². The second-order valence-corrected chi connectivity index (χ2v) is 5.37. The Bertz CT molecular complexity index is 750. The third-order valence-corrected chi connectivity index (χ3v) is 3.63. The van der Waals surface area contributed by atoms with E-state index in [0.717, 1.165) is 28.1 Å². The Balaban J connectivity index is 1.83. The fourth-order valence-corrected chi connectivity index (χ4v) is 2.50. The number of hydrogen-bond acceptors (Lipinski definition) is 2. The largest absolute Gasteiger partial charge is 0.326 e. The molecule has 0 radical (unpaired) electrons. The lowest BCUT2D eigenvalue weighted by molar-refractivity contribution is -0.115. The van der Waals surface area contributed by atoms with Crippen LogP contribution in [0.4, 0.5) is 11.4 Å². The molecular formula is C17H16N2O2. The van der Waals surface area contributed by atoms with Crippen molar-refractivity contribution in [2.24, 2.45) is 0 Å². The van der Waals surface area contributed by atoms with Crippen molar-refractivity contribution in [2.75, 3.05) is 10.6 Å². The summed E-state index contributed by atoms with van der Waals surface area (Å²) in [5.74, 6) is -0.206. The van der Waals surface area contributed by atoms with Crippen LogP contribution >= 0.6 is 0 Å². The van der Waals surface area contributed by atoms with Crippen LogP contribution in [0.25, 0.3) is 0 Å². The molecule has 106 valence electrons. The Kier molecular flexibility index (Phi) is 3.22. The predicted octanol–water partition coefficient (Wildman–Crippen LogP) is 3.05. The van der Waals surface area contributed by atoms with Crippen LogP contribution in [0.2, 0.25) is 0 Å². The highest BCUT2D eigenvalue weighted by molar-refractivity contribution is 6.07. The van der Waals surface area contributed by atoms with E-state index in [4.69, 9.17) is 0 Å². The quantitative estimate of drug-likeness (QED) is 0.888. The zero-order chi connectivity index (χ0) is 15.0. The maximum atomic E-state index is 12.3. The van der Waals surface area contributed by atoms with E-state index in [-0.39, 0.29) is 11.8 Å². The van der Waals surface area contributed by atoms with Gasteiger partial charge in [-0.2, -0.15) is 0 Å². The Morgan fingerprint density at radius 1 is 1.14 bits per heavy atom. The van der Waals surface area contributed by atoms with Crippen molar-refractivity contribution in [3.63, 3.8) is 0 Å². The van der Waals surface area contributed by atoms with E-state index in [2.05, 4.69) is 10.6 Å². The number of benzene rings is 2. The van der Waals surface area contributed by atoms with Gasteiger partial charge in [0.1, 0.15) is 0 Å². The fourth-order valence-electron chi connectivity index (χ4n) is 2.50. The third kappa shape index (κ3) is 2.65. The zero-order valence-corrected chi connectivity index (χ0v) is 12.0. The minimum absolute atomic E-state index is 0.0306. The highest BCUT2D eigenvalue weighted by Gasteiger charge is 2.19. The normalized spacial score (nSPS) is 12.8. The monoisotopic (exact) mass is 280 g/mol. The van der Waals surface area contributed by atoms with Crippen molar-refractivity contribution in [1.82, 2.24) is 0 Å². The van der Waals surface area contributed by atoms with E-state index in [1.54, 1.807) is 12.1 Å². The minimum Gasteiger partial charge on any atom is -0.326 e. The first kappa shape index (κ1) is 13.4. The second kappa shape index (κ2) is 5.05. The molecule has 4 nitrogen and oxygen atoms in total. The van der Waals surface area contributed by atoms with Crippen molar-refractivity contribution in [3.8, 4) is 0 Å². The lowest BCUT2D eigenvalue weighted by Gasteiger charge is -2.10. The van der Waals surface area contributed by atoms with E-state index in [9.17, 15) is 9.59 Å². The maximum absolute atomic E-state index is 12.3. The van der Waals surface area contributed by atoms with Crippen molar-refractivity contribution >= 4 is 23.2 Å². The number of amides is 2. The first-order valence-corrected chi connectivity index (χ1v) is 6.84. The average Bonchev–Trinajstić information content (AvgIpc) is 2.80. The summed E-state index contributed by atoms with van der Waals surface area (Å²) in [5.41, 5.74) is 5.19. The lowest BCUT2D eigenvalue weighted by atomic mass is 10.1. The molecule has 0 bridgehead atoms. The molecular weight excluding hydrogens is 264 g/mol. The van der Waals surface area contributed by atoms with Crippen LogP contribution in [0.5, 0.6) is 0 Å². The molecule has 0 aromatic heterocycles. The number of aryl methyl sites for hydroxylation is 2. The van der Waals surface area contributed by atoms with E-state index in [1.165, 1.54) is 0 Å². The molecule has 0 fully saturated rings. The number of nitrogens with one attached hydrogen (secondary N) is 2. The van der Waals surface area contributed by atoms with Gasteiger partial charge < -0.3 is 10.6 Å². The van der Waals surface area contributed by atoms with Crippen molar-refractivity contribution < 1.29 is 9.59 Å². The van der Waals surface area contributed by atoms with Gasteiger partial charge in [-0.3, -0.25) is 9.59 Å². The van der Waals surface area contributed by atoms with Gasteiger partial charge in [-0.05, 0) is 43.2 Å². The molecule has 21 heavy (non-hydrogen) atoms. The van der Waals surface area contributed by atoms with Crippen LogP contribution in [0.1, 0.15) is 27.0 Å². The number of hydrogen-bond donors (Lipinski definition) is 2.